The highest BCUT2D eigenvalue weighted by Crippen LogP contribution is 2.24. The number of carboxylic acid groups (broad SMARTS) is 1. The molecule has 0 heterocycles. The number of carboxylic acids is 1. The Morgan fingerprint density at radius 1 is 1.26 bits per heavy atom. The molecule has 0 saturated heterocycles. The van der Waals surface area contributed by atoms with Gasteiger partial charge in [0.1, 0.15) is 0 Å². The number of rotatable bonds is 5. The topological polar surface area (TPSA) is 49.3 Å². The molecule has 1 fully saturated rings. The average Bonchev–Trinajstić information content (AvgIpc) is 2.41. The van der Waals surface area contributed by atoms with Crippen LogP contribution in [0.2, 0.25) is 0 Å². The maximum atomic E-state index is 10.9. The highest BCUT2D eigenvalue weighted by atomic mass is 79.9. The molecule has 1 aromatic rings. The van der Waals surface area contributed by atoms with Gasteiger partial charge in [-0.15, -0.1) is 0 Å². The number of nitrogens with one attached hydrogen (secondary N) is 1. The van der Waals surface area contributed by atoms with Crippen molar-refractivity contribution in [2.24, 2.45) is 5.92 Å². The summed E-state index contributed by atoms with van der Waals surface area (Å²) in [4.78, 5) is 10.9. The molecule has 2 rings (SSSR count). The van der Waals surface area contributed by atoms with Gasteiger partial charge in [-0.3, -0.25) is 4.79 Å². The van der Waals surface area contributed by atoms with Crippen LogP contribution in [0.25, 0.3) is 0 Å². The summed E-state index contributed by atoms with van der Waals surface area (Å²) in [5.41, 5.74) is 1.31. The van der Waals surface area contributed by atoms with Gasteiger partial charge >= 0.3 is 5.97 Å². The van der Waals surface area contributed by atoms with Gasteiger partial charge in [-0.25, -0.2) is 0 Å². The zero-order valence-electron chi connectivity index (χ0n) is 10.9. The SMILES string of the molecule is O=C(O)C1CCC(NCCc2ccccc2Br)CC1. The van der Waals surface area contributed by atoms with Gasteiger partial charge in [0.25, 0.3) is 0 Å². The molecular formula is C15H20BrNO2. The van der Waals surface area contributed by atoms with Crippen LogP contribution in [-0.4, -0.2) is 23.7 Å². The van der Waals surface area contributed by atoms with Crippen molar-refractivity contribution in [3.05, 3.63) is 34.3 Å². The molecule has 0 unspecified atom stereocenters. The number of benzene rings is 1. The second-order valence-electron chi connectivity index (χ2n) is 5.18. The lowest BCUT2D eigenvalue weighted by atomic mass is 9.86. The number of halogens is 1. The van der Waals surface area contributed by atoms with Gasteiger partial charge in [0.15, 0.2) is 0 Å². The monoisotopic (exact) mass is 325 g/mol. The van der Waals surface area contributed by atoms with Crippen LogP contribution in [0, 0.1) is 5.92 Å². The summed E-state index contributed by atoms with van der Waals surface area (Å²) in [6.07, 6.45) is 4.57. The maximum absolute atomic E-state index is 10.9. The first-order valence-electron chi connectivity index (χ1n) is 6.86. The van der Waals surface area contributed by atoms with Crippen molar-refractivity contribution in [2.75, 3.05) is 6.54 Å². The largest absolute Gasteiger partial charge is 0.481 e. The smallest absolute Gasteiger partial charge is 0.306 e. The molecule has 0 radical (unpaired) electrons. The molecule has 0 spiro atoms. The molecule has 0 bridgehead atoms. The minimum absolute atomic E-state index is 0.124. The van der Waals surface area contributed by atoms with Gasteiger partial charge in [0, 0.05) is 10.5 Å². The van der Waals surface area contributed by atoms with Crippen LogP contribution in [0.15, 0.2) is 28.7 Å². The fourth-order valence-electron chi connectivity index (χ4n) is 2.66. The summed E-state index contributed by atoms with van der Waals surface area (Å²) in [5, 5.41) is 12.5. The van der Waals surface area contributed by atoms with Gasteiger partial charge in [-0.05, 0) is 50.3 Å². The summed E-state index contributed by atoms with van der Waals surface area (Å²) in [7, 11) is 0. The van der Waals surface area contributed by atoms with Gasteiger partial charge in [0.2, 0.25) is 0 Å². The van der Waals surface area contributed by atoms with E-state index in [1.165, 1.54) is 5.56 Å². The van der Waals surface area contributed by atoms with Crippen LogP contribution in [0.4, 0.5) is 0 Å². The Balaban J connectivity index is 1.70. The molecule has 1 aliphatic carbocycles. The Kier molecular flexibility index (Phi) is 5.40. The van der Waals surface area contributed by atoms with Gasteiger partial charge < -0.3 is 10.4 Å². The van der Waals surface area contributed by atoms with Crippen molar-refractivity contribution < 1.29 is 9.90 Å². The lowest BCUT2D eigenvalue weighted by Crippen LogP contribution is -2.36. The Labute approximate surface area is 122 Å². The van der Waals surface area contributed by atoms with Crippen molar-refractivity contribution in [3.63, 3.8) is 0 Å². The summed E-state index contributed by atoms with van der Waals surface area (Å²) in [6.45, 7) is 0.949. The zero-order valence-corrected chi connectivity index (χ0v) is 12.5. The Morgan fingerprint density at radius 3 is 2.58 bits per heavy atom. The zero-order chi connectivity index (χ0) is 13.7. The number of aliphatic carboxylic acids is 1. The van der Waals surface area contributed by atoms with Crippen LogP contribution in [0.3, 0.4) is 0 Å². The number of carbonyl (C=O) groups is 1. The Bertz CT molecular complexity index is 428. The van der Waals surface area contributed by atoms with E-state index in [4.69, 9.17) is 5.11 Å². The fraction of sp³-hybridized carbons (Fsp3) is 0.533. The van der Waals surface area contributed by atoms with E-state index in [0.29, 0.717) is 6.04 Å². The maximum Gasteiger partial charge on any atom is 0.306 e. The third-order valence-electron chi connectivity index (χ3n) is 3.86. The van der Waals surface area contributed by atoms with E-state index in [9.17, 15) is 4.79 Å². The minimum Gasteiger partial charge on any atom is -0.481 e. The molecule has 19 heavy (non-hydrogen) atoms. The Morgan fingerprint density at radius 2 is 1.95 bits per heavy atom. The van der Waals surface area contributed by atoms with E-state index >= 15 is 0 Å². The van der Waals surface area contributed by atoms with Crippen molar-refractivity contribution in [3.8, 4) is 0 Å². The molecule has 1 aromatic carbocycles. The van der Waals surface area contributed by atoms with E-state index in [1.54, 1.807) is 0 Å². The van der Waals surface area contributed by atoms with Crippen molar-refractivity contribution in [2.45, 2.75) is 38.1 Å². The second-order valence-corrected chi connectivity index (χ2v) is 6.04. The third kappa shape index (κ3) is 4.32. The van der Waals surface area contributed by atoms with Crippen LogP contribution in [0.1, 0.15) is 31.2 Å². The molecule has 104 valence electrons. The summed E-state index contributed by atoms with van der Waals surface area (Å²) >= 11 is 3.55. The molecule has 3 nitrogen and oxygen atoms in total. The summed E-state index contributed by atoms with van der Waals surface area (Å²) < 4.78 is 1.16. The van der Waals surface area contributed by atoms with Crippen LogP contribution >= 0.6 is 15.9 Å². The van der Waals surface area contributed by atoms with E-state index in [-0.39, 0.29) is 5.92 Å². The van der Waals surface area contributed by atoms with Crippen LogP contribution in [-0.2, 0) is 11.2 Å². The first-order chi connectivity index (χ1) is 9.16. The number of hydrogen-bond acceptors (Lipinski definition) is 2. The third-order valence-corrected chi connectivity index (χ3v) is 4.64. The molecular weight excluding hydrogens is 306 g/mol. The number of hydrogen-bond donors (Lipinski definition) is 2. The molecule has 0 atom stereocenters. The first kappa shape index (κ1) is 14.5. The molecule has 0 amide bonds. The van der Waals surface area contributed by atoms with E-state index in [1.807, 2.05) is 6.07 Å². The molecule has 1 aliphatic rings. The molecule has 1 saturated carbocycles. The van der Waals surface area contributed by atoms with E-state index in [2.05, 4.69) is 39.4 Å². The first-order valence-corrected chi connectivity index (χ1v) is 7.65. The van der Waals surface area contributed by atoms with Gasteiger partial charge in [-0.1, -0.05) is 34.1 Å². The van der Waals surface area contributed by atoms with Gasteiger partial charge in [0.05, 0.1) is 5.92 Å². The quantitative estimate of drug-likeness (QED) is 0.873. The summed E-state index contributed by atoms with van der Waals surface area (Å²) in [6, 6.07) is 8.76. The molecule has 4 heteroatoms. The second kappa shape index (κ2) is 7.06. The molecule has 2 N–H and O–H groups in total. The predicted octanol–water partition coefficient (Wildman–Crippen LogP) is 3.22. The fourth-order valence-corrected chi connectivity index (χ4v) is 3.14. The molecule has 0 aliphatic heterocycles. The lowest BCUT2D eigenvalue weighted by molar-refractivity contribution is -0.142. The minimum atomic E-state index is -0.633. The van der Waals surface area contributed by atoms with Crippen molar-refractivity contribution >= 4 is 21.9 Å². The normalized spacial score (nSPS) is 23.2. The van der Waals surface area contributed by atoms with Gasteiger partial charge in [-0.2, -0.15) is 0 Å². The van der Waals surface area contributed by atoms with Crippen LogP contribution < -0.4 is 5.32 Å². The highest BCUT2D eigenvalue weighted by molar-refractivity contribution is 9.10. The average molecular weight is 326 g/mol. The molecule has 0 aromatic heterocycles. The Hall–Kier alpha value is -0.870. The lowest BCUT2D eigenvalue weighted by Gasteiger charge is -2.27. The standard InChI is InChI=1S/C15H20BrNO2/c16-14-4-2-1-3-11(14)9-10-17-13-7-5-12(6-8-13)15(18)19/h1-4,12-13,17H,5-10H2,(H,18,19). The van der Waals surface area contributed by atoms with E-state index < -0.39 is 5.97 Å². The highest BCUT2D eigenvalue weighted by Gasteiger charge is 2.25. The summed E-state index contributed by atoms with van der Waals surface area (Å²) in [5.74, 6) is -0.756. The van der Waals surface area contributed by atoms with Crippen LogP contribution in [0.5, 0.6) is 0 Å². The predicted molar refractivity (Wildman–Crippen MR) is 79.2 cm³/mol. The van der Waals surface area contributed by atoms with E-state index in [0.717, 1.165) is 43.1 Å². The van der Waals surface area contributed by atoms with Crippen molar-refractivity contribution in [1.29, 1.82) is 0 Å². The van der Waals surface area contributed by atoms with Crippen molar-refractivity contribution in [1.82, 2.24) is 5.32 Å².